The van der Waals surface area contributed by atoms with Crippen LogP contribution in [0.15, 0.2) is 132 Å². The molecule has 1 fully saturated rings. The number of nitrogens with zero attached hydrogens (tertiary/aromatic N) is 1. The van der Waals surface area contributed by atoms with Gasteiger partial charge in [0.15, 0.2) is 0 Å². The summed E-state index contributed by atoms with van der Waals surface area (Å²) in [4.78, 5) is 5.29. The van der Waals surface area contributed by atoms with Crippen LogP contribution in [0.2, 0.25) is 0 Å². The maximum atomic E-state index is 12.4. The minimum absolute atomic E-state index is 0.0185. The number of aromatic hydroxyl groups is 2. The topological polar surface area (TPSA) is 83.3 Å². The van der Waals surface area contributed by atoms with Gasteiger partial charge in [-0.2, -0.15) is 0 Å². The number of phenols is 2. The normalized spacial score (nSPS) is 16.1. The number of phenolic OH excluding ortho intramolecular Hbond substituents is 2. The van der Waals surface area contributed by atoms with E-state index in [1.807, 2.05) is 54.7 Å². The van der Waals surface area contributed by atoms with Crippen LogP contribution in [-0.4, -0.2) is 42.7 Å². The molecule has 0 aromatic heterocycles. The van der Waals surface area contributed by atoms with Crippen molar-refractivity contribution in [3.63, 3.8) is 0 Å². The highest BCUT2D eigenvalue weighted by Gasteiger charge is 2.27. The van der Waals surface area contributed by atoms with Gasteiger partial charge in [0.2, 0.25) is 0 Å². The molecule has 9 rings (SSSR count). The van der Waals surface area contributed by atoms with Gasteiger partial charge < -0.3 is 25.0 Å². The van der Waals surface area contributed by atoms with Gasteiger partial charge in [-0.1, -0.05) is 136 Å². The Balaban J connectivity index is 1.10. The van der Waals surface area contributed by atoms with E-state index >= 15 is 0 Å². The Morgan fingerprint density at radius 3 is 1.84 bits per heavy atom. The van der Waals surface area contributed by atoms with Gasteiger partial charge in [-0.15, -0.1) is 0 Å². The van der Waals surface area contributed by atoms with E-state index in [0.29, 0.717) is 23.8 Å². The van der Waals surface area contributed by atoms with Gasteiger partial charge in [0.1, 0.15) is 23.0 Å². The van der Waals surface area contributed by atoms with Crippen LogP contribution in [0.4, 0.5) is 0 Å². The number of benzene rings is 8. The average molecular weight is 821 g/mol. The van der Waals surface area contributed by atoms with Crippen LogP contribution in [0, 0.1) is 0 Å². The van der Waals surface area contributed by atoms with Gasteiger partial charge in [-0.25, -0.2) is 0 Å². The van der Waals surface area contributed by atoms with Crippen molar-refractivity contribution in [3.05, 3.63) is 144 Å². The second kappa shape index (κ2) is 17.9. The van der Waals surface area contributed by atoms with E-state index in [9.17, 15) is 10.2 Å². The molecule has 1 aliphatic rings. The number of ether oxygens (including phenoxy) is 2. The lowest BCUT2D eigenvalue weighted by atomic mass is 9.86. The largest absolute Gasteiger partial charge is 0.507 e. The molecule has 0 spiro atoms. The van der Waals surface area contributed by atoms with Crippen molar-refractivity contribution in [2.75, 3.05) is 14.2 Å². The number of nitrogens with one attached hydrogen (secondary N) is 1. The molecule has 8 aromatic rings. The highest BCUT2D eigenvalue weighted by atomic mass is 16.5. The lowest BCUT2D eigenvalue weighted by Gasteiger charge is -2.30. The Kier molecular flexibility index (Phi) is 11.9. The summed E-state index contributed by atoms with van der Waals surface area (Å²) in [6.45, 7) is 4.99. The zero-order valence-electron chi connectivity index (χ0n) is 36.2. The number of aliphatic imine (C=N–C) groups is 1. The summed E-state index contributed by atoms with van der Waals surface area (Å²) < 4.78 is 12.0. The van der Waals surface area contributed by atoms with Gasteiger partial charge in [-0.05, 0) is 105 Å². The van der Waals surface area contributed by atoms with E-state index in [-0.39, 0.29) is 23.6 Å². The Labute approximate surface area is 364 Å². The minimum Gasteiger partial charge on any atom is -0.507 e. The van der Waals surface area contributed by atoms with Crippen LogP contribution in [0.5, 0.6) is 23.0 Å². The van der Waals surface area contributed by atoms with Crippen molar-refractivity contribution in [3.8, 4) is 45.3 Å². The van der Waals surface area contributed by atoms with E-state index in [1.165, 1.54) is 5.56 Å². The first-order chi connectivity index (χ1) is 30.4. The maximum Gasteiger partial charge on any atom is 0.132 e. The van der Waals surface area contributed by atoms with Gasteiger partial charge in [0.05, 0.1) is 20.3 Å². The molecule has 6 heteroatoms. The Bertz CT molecular complexity index is 2950. The standard InChI is InChI=1S/C56H56N2O4/c1-5-15-35(6-2)38-24-27-46-40(30-38)32-42(56(60)54(46)52-44-20-11-8-17-37(44)26-29-50(52)62-4)34-58-48-23-14-13-22-47(48)57-33-41-31-39-18-9-12-21-45(39)53(55(41)59)51-43-19-10-7-16-36(43)25-28-49(51)61-3/h7-12,16-21,24-32,34-35,47-48,57,59-60H,5-6,13-15,22-23,33H2,1-4H3. The maximum absolute atomic E-state index is 12.4. The van der Waals surface area contributed by atoms with Crippen LogP contribution >= 0.6 is 0 Å². The van der Waals surface area contributed by atoms with E-state index < -0.39 is 0 Å². The quantitative estimate of drug-likeness (QED) is 0.101. The number of methoxy groups -OCH3 is 2. The fraction of sp³-hybridized carbons (Fsp3) is 0.268. The first kappa shape index (κ1) is 41.0. The Morgan fingerprint density at radius 2 is 1.21 bits per heavy atom. The van der Waals surface area contributed by atoms with Crippen LogP contribution in [0.25, 0.3) is 65.3 Å². The van der Waals surface area contributed by atoms with Crippen molar-refractivity contribution in [2.45, 2.75) is 83.3 Å². The third-order valence-electron chi connectivity index (χ3n) is 13.3. The zero-order chi connectivity index (χ0) is 42.7. The van der Waals surface area contributed by atoms with Gasteiger partial charge in [0.25, 0.3) is 0 Å². The Morgan fingerprint density at radius 1 is 0.629 bits per heavy atom. The molecular weight excluding hydrogens is 765 g/mol. The van der Waals surface area contributed by atoms with Crippen molar-refractivity contribution < 1.29 is 19.7 Å². The molecule has 0 amide bonds. The van der Waals surface area contributed by atoms with Crippen molar-refractivity contribution >= 4 is 49.3 Å². The molecule has 0 saturated heterocycles. The summed E-state index contributed by atoms with van der Waals surface area (Å²) in [6.07, 6.45) is 9.28. The van der Waals surface area contributed by atoms with Crippen molar-refractivity contribution in [1.29, 1.82) is 0 Å². The molecule has 1 saturated carbocycles. The van der Waals surface area contributed by atoms with E-state index in [2.05, 4.69) is 98.0 Å². The monoisotopic (exact) mass is 820 g/mol. The zero-order valence-corrected chi connectivity index (χ0v) is 36.2. The fourth-order valence-electron chi connectivity index (χ4n) is 10.1. The van der Waals surface area contributed by atoms with Crippen LogP contribution in [-0.2, 0) is 6.54 Å². The molecule has 0 bridgehead atoms. The molecule has 3 atom stereocenters. The lowest BCUT2D eigenvalue weighted by Crippen LogP contribution is -2.40. The summed E-state index contributed by atoms with van der Waals surface area (Å²) in [6, 6.07) is 44.0. The highest BCUT2D eigenvalue weighted by molar-refractivity contribution is 6.13. The van der Waals surface area contributed by atoms with Crippen molar-refractivity contribution in [1.82, 2.24) is 5.32 Å². The first-order valence-corrected chi connectivity index (χ1v) is 22.3. The molecule has 8 aromatic carbocycles. The molecule has 0 radical (unpaired) electrons. The molecule has 1 aliphatic carbocycles. The third-order valence-corrected chi connectivity index (χ3v) is 13.3. The van der Waals surface area contributed by atoms with Gasteiger partial charge in [0, 0.05) is 52.2 Å². The molecule has 6 nitrogen and oxygen atoms in total. The first-order valence-electron chi connectivity index (χ1n) is 22.3. The minimum atomic E-state index is -0.0185. The summed E-state index contributed by atoms with van der Waals surface area (Å²) >= 11 is 0. The van der Waals surface area contributed by atoms with Crippen LogP contribution in [0.3, 0.4) is 0 Å². The number of fused-ring (bicyclic) bond motifs is 4. The highest BCUT2D eigenvalue weighted by Crippen LogP contribution is 2.48. The number of hydrogen-bond acceptors (Lipinski definition) is 6. The van der Waals surface area contributed by atoms with E-state index in [1.54, 1.807) is 14.2 Å². The molecule has 62 heavy (non-hydrogen) atoms. The molecule has 0 heterocycles. The fourth-order valence-corrected chi connectivity index (χ4v) is 10.1. The smallest absolute Gasteiger partial charge is 0.132 e. The lowest BCUT2D eigenvalue weighted by molar-refractivity contribution is 0.327. The molecule has 0 aliphatic heterocycles. The predicted molar refractivity (Wildman–Crippen MR) is 259 cm³/mol. The Hall–Kier alpha value is -6.37. The second-order valence-corrected chi connectivity index (χ2v) is 16.9. The van der Waals surface area contributed by atoms with Gasteiger partial charge in [-0.3, -0.25) is 4.99 Å². The second-order valence-electron chi connectivity index (χ2n) is 16.9. The average Bonchev–Trinajstić information content (AvgIpc) is 3.31. The van der Waals surface area contributed by atoms with Crippen LogP contribution < -0.4 is 14.8 Å². The number of rotatable bonds is 13. The molecular formula is C56H56N2O4. The van der Waals surface area contributed by atoms with Crippen molar-refractivity contribution in [2.24, 2.45) is 4.99 Å². The molecule has 314 valence electrons. The molecule has 3 unspecified atom stereocenters. The van der Waals surface area contributed by atoms with Crippen LogP contribution in [0.1, 0.15) is 81.4 Å². The van der Waals surface area contributed by atoms with E-state index in [0.717, 1.165) is 122 Å². The van der Waals surface area contributed by atoms with E-state index in [4.69, 9.17) is 14.5 Å². The third kappa shape index (κ3) is 7.62. The summed E-state index contributed by atoms with van der Waals surface area (Å²) in [5.41, 5.74) is 6.14. The predicted octanol–water partition coefficient (Wildman–Crippen LogP) is 13.9. The molecule has 3 N–H and O–H groups in total. The number of hydrogen-bond donors (Lipinski definition) is 3. The summed E-state index contributed by atoms with van der Waals surface area (Å²) in [5, 5.41) is 36.8. The summed E-state index contributed by atoms with van der Waals surface area (Å²) in [7, 11) is 3.38. The SMILES string of the molecule is CCCC(CC)c1ccc2c(-c3c(OC)ccc4ccccc34)c(O)c(C=NC3CCCCC3NCc3cc4ccccc4c(-c4c(OC)ccc5ccccc45)c3O)cc2c1. The van der Waals surface area contributed by atoms with Gasteiger partial charge >= 0.3 is 0 Å². The summed E-state index contributed by atoms with van der Waals surface area (Å²) in [5.74, 6) is 2.35.